The van der Waals surface area contributed by atoms with E-state index in [1.165, 1.54) is 7.11 Å². The molecule has 0 heterocycles. The molecule has 26 heavy (non-hydrogen) atoms. The van der Waals surface area contributed by atoms with E-state index in [2.05, 4.69) is 0 Å². The summed E-state index contributed by atoms with van der Waals surface area (Å²) in [6, 6.07) is 10.1. The molecular formula is C19H20F2O5. The third kappa shape index (κ3) is 6.33. The number of aliphatic carboxylic acids is 1. The lowest BCUT2D eigenvalue weighted by molar-refractivity contribution is -0.148. The van der Waals surface area contributed by atoms with Crippen LogP contribution >= 0.6 is 0 Å². The van der Waals surface area contributed by atoms with Crippen molar-refractivity contribution in [3.63, 3.8) is 0 Å². The first-order valence-corrected chi connectivity index (χ1v) is 8.04. The maximum absolute atomic E-state index is 13.0. The Balaban J connectivity index is 1.72. The summed E-state index contributed by atoms with van der Waals surface area (Å²) in [7, 11) is 1.36. The van der Waals surface area contributed by atoms with Gasteiger partial charge in [-0.3, -0.25) is 0 Å². The van der Waals surface area contributed by atoms with Crippen LogP contribution in [0.1, 0.15) is 12.0 Å². The van der Waals surface area contributed by atoms with Crippen LogP contribution in [0.5, 0.6) is 11.5 Å². The second kappa shape index (κ2) is 9.72. The minimum Gasteiger partial charge on any atom is -0.493 e. The molecule has 0 fully saturated rings. The van der Waals surface area contributed by atoms with Crippen molar-refractivity contribution in [3.8, 4) is 11.5 Å². The molecule has 0 bridgehead atoms. The number of ether oxygens (including phenoxy) is 3. The van der Waals surface area contributed by atoms with Gasteiger partial charge in [0.05, 0.1) is 13.2 Å². The third-order valence-corrected chi connectivity index (χ3v) is 3.57. The lowest BCUT2D eigenvalue weighted by Crippen LogP contribution is -2.24. The Labute approximate surface area is 150 Å². The molecular weight excluding hydrogens is 346 g/mol. The van der Waals surface area contributed by atoms with Gasteiger partial charge in [-0.1, -0.05) is 12.1 Å². The highest BCUT2D eigenvalue weighted by molar-refractivity contribution is 5.72. The molecule has 2 rings (SSSR count). The summed E-state index contributed by atoms with van der Waals surface area (Å²) in [5.41, 5.74) is 0.822. The molecule has 0 aliphatic heterocycles. The second-order valence-electron chi connectivity index (χ2n) is 5.57. The van der Waals surface area contributed by atoms with Gasteiger partial charge in [-0.15, -0.1) is 0 Å². The lowest BCUT2D eigenvalue weighted by Gasteiger charge is -2.11. The third-order valence-electron chi connectivity index (χ3n) is 3.57. The molecule has 0 saturated carbocycles. The zero-order valence-electron chi connectivity index (χ0n) is 14.3. The predicted octanol–water partition coefficient (Wildman–Crippen LogP) is 3.45. The van der Waals surface area contributed by atoms with Crippen LogP contribution in [-0.2, 0) is 16.0 Å². The summed E-state index contributed by atoms with van der Waals surface area (Å²) in [5, 5.41) is 8.97. The maximum Gasteiger partial charge on any atom is 0.333 e. The second-order valence-corrected chi connectivity index (χ2v) is 5.57. The fourth-order valence-electron chi connectivity index (χ4n) is 2.26. The number of carboxylic acid groups (broad SMARTS) is 1. The van der Waals surface area contributed by atoms with Crippen molar-refractivity contribution >= 4 is 5.97 Å². The predicted molar refractivity (Wildman–Crippen MR) is 90.5 cm³/mol. The fourth-order valence-corrected chi connectivity index (χ4v) is 2.26. The molecule has 0 radical (unpaired) electrons. The highest BCUT2D eigenvalue weighted by Gasteiger charge is 2.16. The van der Waals surface area contributed by atoms with Crippen molar-refractivity contribution in [3.05, 3.63) is 59.7 Å². The number of rotatable bonds is 10. The molecule has 5 nitrogen and oxygen atoms in total. The van der Waals surface area contributed by atoms with Gasteiger partial charge in [0.2, 0.25) is 0 Å². The summed E-state index contributed by atoms with van der Waals surface area (Å²) in [6.45, 7) is 0.627. The van der Waals surface area contributed by atoms with Crippen molar-refractivity contribution in [1.29, 1.82) is 0 Å². The molecule has 7 heteroatoms. The van der Waals surface area contributed by atoms with E-state index in [9.17, 15) is 13.6 Å². The molecule has 2 aromatic carbocycles. The molecule has 0 unspecified atom stereocenters. The van der Waals surface area contributed by atoms with E-state index in [0.717, 1.165) is 23.8 Å². The molecule has 0 aromatic heterocycles. The first-order valence-electron chi connectivity index (χ1n) is 8.04. The van der Waals surface area contributed by atoms with E-state index < -0.39 is 23.7 Å². The number of carbonyl (C=O) groups is 1. The SMILES string of the molecule is CO[C@@H](Cc1ccc(OCCCOc2cc(F)cc(F)c2)cc1)C(=O)O. The smallest absolute Gasteiger partial charge is 0.333 e. The van der Waals surface area contributed by atoms with Gasteiger partial charge in [0.25, 0.3) is 0 Å². The lowest BCUT2D eigenvalue weighted by atomic mass is 10.1. The van der Waals surface area contributed by atoms with Gasteiger partial charge < -0.3 is 19.3 Å². The number of hydrogen-bond acceptors (Lipinski definition) is 4. The fraction of sp³-hybridized carbons (Fsp3) is 0.316. The minimum atomic E-state index is -1.01. The van der Waals surface area contributed by atoms with Crippen molar-refractivity contribution in [2.75, 3.05) is 20.3 Å². The highest BCUT2D eigenvalue weighted by atomic mass is 19.1. The molecule has 1 atom stereocenters. The summed E-state index contributed by atoms with van der Waals surface area (Å²) in [5.74, 6) is -1.61. The van der Waals surface area contributed by atoms with E-state index >= 15 is 0 Å². The van der Waals surface area contributed by atoms with Crippen LogP contribution < -0.4 is 9.47 Å². The Bertz CT molecular complexity index is 698. The van der Waals surface area contributed by atoms with Gasteiger partial charge in [0.1, 0.15) is 23.1 Å². The summed E-state index contributed by atoms with van der Waals surface area (Å²) < 4.78 is 41.8. The zero-order chi connectivity index (χ0) is 18.9. The summed E-state index contributed by atoms with van der Waals surface area (Å²) >= 11 is 0. The van der Waals surface area contributed by atoms with Gasteiger partial charge in [-0.05, 0) is 17.7 Å². The zero-order valence-corrected chi connectivity index (χ0v) is 14.3. The molecule has 0 amide bonds. The number of benzene rings is 2. The van der Waals surface area contributed by atoms with Crippen LogP contribution in [0.3, 0.4) is 0 Å². The van der Waals surface area contributed by atoms with E-state index in [4.69, 9.17) is 19.3 Å². The van der Waals surface area contributed by atoms with Crippen molar-refractivity contribution in [2.24, 2.45) is 0 Å². The van der Waals surface area contributed by atoms with Crippen LogP contribution in [0.15, 0.2) is 42.5 Å². The Hall–Kier alpha value is -2.67. The van der Waals surface area contributed by atoms with Crippen molar-refractivity contribution in [2.45, 2.75) is 18.9 Å². The molecule has 2 aromatic rings. The monoisotopic (exact) mass is 366 g/mol. The minimum absolute atomic E-state index is 0.137. The average Bonchev–Trinajstić information content (AvgIpc) is 2.59. The highest BCUT2D eigenvalue weighted by Crippen LogP contribution is 2.16. The number of hydrogen-bond donors (Lipinski definition) is 1. The largest absolute Gasteiger partial charge is 0.493 e. The van der Waals surface area contributed by atoms with E-state index in [1.54, 1.807) is 24.3 Å². The van der Waals surface area contributed by atoms with Crippen LogP contribution in [0.25, 0.3) is 0 Å². The maximum atomic E-state index is 13.0. The Morgan fingerprint density at radius 2 is 1.58 bits per heavy atom. The van der Waals surface area contributed by atoms with Gasteiger partial charge in [-0.25, -0.2) is 13.6 Å². The van der Waals surface area contributed by atoms with E-state index in [0.29, 0.717) is 18.8 Å². The normalized spacial score (nSPS) is 11.8. The quantitative estimate of drug-likeness (QED) is 0.653. The Morgan fingerprint density at radius 1 is 1.00 bits per heavy atom. The first-order chi connectivity index (χ1) is 12.5. The first kappa shape index (κ1) is 19.7. The molecule has 140 valence electrons. The topological polar surface area (TPSA) is 65.0 Å². The molecule has 1 N–H and O–H groups in total. The van der Waals surface area contributed by atoms with Crippen molar-refractivity contribution in [1.82, 2.24) is 0 Å². The number of carboxylic acids is 1. The van der Waals surface area contributed by atoms with Crippen LogP contribution in [-0.4, -0.2) is 37.5 Å². The standard InChI is InChI=1S/C19H20F2O5/c1-24-18(19(22)23)9-13-3-5-16(6-4-13)25-7-2-8-26-17-11-14(20)10-15(21)12-17/h3-6,10-12,18H,2,7-9H2,1H3,(H,22,23)/t18-/m0/s1. The molecule has 0 spiro atoms. The summed E-state index contributed by atoms with van der Waals surface area (Å²) in [6.07, 6.45) is -0.0824. The van der Waals surface area contributed by atoms with Crippen LogP contribution in [0.2, 0.25) is 0 Å². The van der Waals surface area contributed by atoms with Gasteiger partial charge in [-0.2, -0.15) is 0 Å². The Morgan fingerprint density at radius 3 is 2.12 bits per heavy atom. The average molecular weight is 366 g/mol. The van der Waals surface area contributed by atoms with Crippen LogP contribution in [0, 0.1) is 11.6 Å². The van der Waals surface area contributed by atoms with Gasteiger partial charge in [0.15, 0.2) is 6.10 Å². The molecule has 0 saturated heterocycles. The molecule has 0 aliphatic rings. The molecule has 0 aliphatic carbocycles. The van der Waals surface area contributed by atoms with Gasteiger partial charge in [0, 0.05) is 38.2 Å². The van der Waals surface area contributed by atoms with Gasteiger partial charge >= 0.3 is 5.97 Å². The summed E-state index contributed by atoms with van der Waals surface area (Å²) in [4.78, 5) is 10.9. The Kier molecular flexibility index (Phi) is 7.35. The van der Waals surface area contributed by atoms with E-state index in [1.807, 2.05) is 0 Å². The number of methoxy groups -OCH3 is 1. The van der Waals surface area contributed by atoms with Crippen LogP contribution in [0.4, 0.5) is 8.78 Å². The van der Waals surface area contributed by atoms with E-state index in [-0.39, 0.29) is 18.8 Å². The number of halogens is 2. The van der Waals surface area contributed by atoms with Crippen molar-refractivity contribution < 1.29 is 32.9 Å².